The summed E-state index contributed by atoms with van der Waals surface area (Å²) < 4.78 is 0. The number of rotatable bonds is 2. The summed E-state index contributed by atoms with van der Waals surface area (Å²) in [4.78, 5) is 2.76. The van der Waals surface area contributed by atoms with Crippen LogP contribution in [0.15, 0.2) is 24.3 Å². The van der Waals surface area contributed by atoms with Gasteiger partial charge in [0.1, 0.15) is 0 Å². The van der Waals surface area contributed by atoms with Gasteiger partial charge in [-0.3, -0.25) is 4.90 Å². The molecule has 94 valence electrons. The molecule has 17 heavy (non-hydrogen) atoms. The topological polar surface area (TPSA) is 3.24 Å². The summed E-state index contributed by atoms with van der Waals surface area (Å²) in [5, 5.41) is 0. The summed E-state index contributed by atoms with van der Waals surface area (Å²) >= 11 is 0. The van der Waals surface area contributed by atoms with Crippen LogP contribution in [0.5, 0.6) is 0 Å². The van der Waals surface area contributed by atoms with E-state index in [0.717, 1.165) is 5.92 Å². The quantitative estimate of drug-likeness (QED) is 0.756. The third kappa shape index (κ3) is 1.80. The SMILES string of the molecule is CC(C)C(C)N1C2CCC1c1ccccc12.Cl. The van der Waals surface area contributed by atoms with E-state index in [2.05, 4.69) is 49.9 Å². The van der Waals surface area contributed by atoms with Gasteiger partial charge >= 0.3 is 0 Å². The van der Waals surface area contributed by atoms with Crippen LogP contribution in [0.25, 0.3) is 0 Å². The van der Waals surface area contributed by atoms with Gasteiger partial charge in [0.05, 0.1) is 0 Å². The Morgan fingerprint density at radius 3 is 1.88 bits per heavy atom. The van der Waals surface area contributed by atoms with Crippen molar-refractivity contribution in [3.8, 4) is 0 Å². The smallest absolute Gasteiger partial charge is 0.0361 e. The van der Waals surface area contributed by atoms with Crippen molar-refractivity contribution in [2.75, 3.05) is 0 Å². The zero-order valence-corrected chi connectivity index (χ0v) is 11.7. The molecule has 1 fully saturated rings. The zero-order valence-electron chi connectivity index (χ0n) is 10.9. The molecule has 0 N–H and O–H groups in total. The Bertz CT molecular complexity index is 371. The lowest BCUT2D eigenvalue weighted by Crippen LogP contribution is -2.34. The van der Waals surface area contributed by atoms with Crippen LogP contribution >= 0.6 is 12.4 Å². The lowest BCUT2D eigenvalue weighted by molar-refractivity contribution is 0.127. The van der Waals surface area contributed by atoms with Crippen LogP contribution in [0.1, 0.15) is 56.8 Å². The monoisotopic (exact) mass is 251 g/mol. The highest BCUT2D eigenvalue weighted by molar-refractivity contribution is 5.85. The van der Waals surface area contributed by atoms with E-state index in [-0.39, 0.29) is 12.4 Å². The van der Waals surface area contributed by atoms with Crippen molar-refractivity contribution in [3.05, 3.63) is 35.4 Å². The molecule has 2 aliphatic heterocycles. The maximum Gasteiger partial charge on any atom is 0.0361 e. The second kappa shape index (κ2) is 4.62. The first-order chi connectivity index (χ1) is 7.70. The average molecular weight is 252 g/mol. The molecule has 2 aliphatic rings. The van der Waals surface area contributed by atoms with Gasteiger partial charge in [-0.15, -0.1) is 12.4 Å². The Hall–Kier alpha value is -0.530. The summed E-state index contributed by atoms with van der Waals surface area (Å²) in [7, 11) is 0. The largest absolute Gasteiger partial charge is 0.286 e. The van der Waals surface area contributed by atoms with E-state index >= 15 is 0 Å². The molecule has 0 spiro atoms. The molecule has 2 bridgehead atoms. The van der Waals surface area contributed by atoms with E-state index in [1.54, 1.807) is 11.1 Å². The Labute approximate surface area is 111 Å². The highest BCUT2D eigenvalue weighted by atomic mass is 35.5. The van der Waals surface area contributed by atoms with Crippen LogP contribution in [0, 0.1) is 5.92 Å². The van der Waals surface area contributed by atoms with Gasteiger partial charge in [-0.25, -0.2) is 0 Å². The Kier molecular flexibility index (Phi) is 3.51. The number of fused-ring (bicyclic) bond motifs is 5. The van der Waals surface area contributed by atoms with Crippen molar-refractivity contribution in [3.63, 3.8) is 0 Å². The lowest BCUT2D eigenvalue weighted by Gasteiger charge is -2.32. The van der Waals surface area contributed by atoms with Gasteiger partial charge in [0, 0.05) is 18.1 Å². The molecule has 3 rings (SSSR count). The molecular weight excluding hydrogens is 230 g/mol. The molecular formula is C15H22ClN. The number of benzene rings is 1. The maximum absolute atomic E-state index is 2.76. The van der Waals surface area contributed by atoms with Crippen molar-refractivity contribution >= 4 is 12.4 Å². The molecule has 0 amide bonds. The number of halogens is 1. The number of hydrogen-bond acceptors (Lipinski definition) is 1. The Balaban J connectivity index is 0.00000108. The predicted octanol–water partition coefficient (Wildman–Crippen LogP) is 4.34. The Morgan fingerprint density at radius 2 is 1.47 bits per heavy atom. The molecule has 1 aromatic carbocycles. The van der Waals surface area contributed by atoms with Gasteiger partial charge in [-0.2, -0.15) is 0 Å². The molecule has 1 aromatic rings. The third-order valence-electron chi connectivity index (χ3n) is 4.58. The molecule has 0 aromatic heterocycles. The molecule has 0 aliphatic carbocycles. The van der Waals surface area contributed by atoms with Gasteiger partial charge in [0.15, 0.2) is 0 Å². The average Bonchev–Trinajstić information content (AvgIpc) is 2.84. The first-order valence-corrected chi connectivity index (χ1v) is 6.56. The molecule has 1 saturated heterocycles. The fourth-order valence-electron chi connectivity index (χ4n) is 3.49. The summed E-state index contributed by atoms with van der Waals surface area (Å²) in [6.45, 7) is 7.07. The first kappa shape index (κ1) is 12.9. The summed E-state index contributed by atoms with van der Waals surface area (Å²) in [6, 6.07) is 11.2. The molecule has 0 saturated carbocycles. The zero-order chi connectivity index (χ0) is 11.3. The number of nitrogens with zero attached hydrogens (tertiary/aromatic N) is 1. The fourth-order valence-corrected chi connectivity index (χ4v) is 3.49. The molecule has 2 heteroatoms. The molecule has 3 atom stereocenters. The highest BCUT2D eigenvalue weighted by Gasteiger charge is 2.45. The van der Waals surface area contributed by atoms with Crippen molar-refractivity contribution in [1.29, 1.82) is 0 Å². The molecule has 3 unspecified atom stereocenters. The third-order valence-corrected chi connectivity index (χ3v) is 4.58. The molecule has 1 nitrogen and oxygen atoms in total. The summed E-state index contributed by atoms with van der Waals surface area (Å²) in [5.41, 5.74) is 3.21. The molecule has 0 radical (unpaired) electrons. The van der Waals surface area contributed by atoms with Gasteiger partial charge in [0.2, 0.25) is 0 Å². The summed E-state index contributed by atoms with van der Waals surface area (Å²) in [5.74, 6) is 0.748. The van der Waals surface area contributed by atoms with Crippen LogP contribution in [0.3, 0.4) is 0 Å². The lowest BCUT2D eigenvalue weighted by atomic mass is 9.92. The van der Waals surface area contributed by atoms with E-state index < -0.39 is 0 Å². The maximum atomic E-state index is 2.76. The van der Waals surface area contributed by atoms with Crippen molar-refractivity contribution < 1.29 is 0 Å². The second-order valence-corrected chi connectivity index (χ2v) is 5.67. The Morgan fingerprint density at radius 1 is 1.00 bits per heavy atom. The van der Waals surface area contributed by atoms with E-state index in [9.17, 15) is 0 Å². The summed E-state index contributed by atoms with van der Waals surface area (Å²) in [6.07, 6.45) is 2.72. The van der Waals surface area contributed by atoms with Crippen LogP contribution < -0.4 is 0 Å². The van der Waals surface area contributed by atoms with Crippen molar-refractivity contribution in [2.24, 2.45) is 5.92 Å². The minimum Gasteiger partial charge on any atom is -0.286 e. The van der Waals surface area contributed by atoms with Crippen molar-refractivity contribution in [2.45, 2.75) is 51.7 Å². The van der Waals surface area contributed by atoms with Gasteiger partial charge in [0.25, 0.3) is 0 Å². The van der Waals surface area contributed by atoms with Gasteiger partial charge in [-0.1, -0.05) is 38.1 Å². The van der Waals surface area contributed by atoms with Crippen LogP contribution in [0.4, 0.5) is 0 Å². The normalized spacial score (nSPS) is 28.0. The first-order valence-electron chi connectivity index (χ1n) is 6.56. The minimum atomic E-state index is 0. The van der Waals surface area contributed by atoms with Crippen LogP contribution in [0.2, 0.25) is 0 Å². The van der Waals surface area contributed by atoms with Crippen LogP contribution in [-0.4, -0.2) is 10.9 Å². The number of hydrogen-bond donors (Lipinski definition) is 0. The van der Waals surface area contributed by atoms with E-state index in [1.165, 1.54) is 12.8 Å². The molecule has 2 heterocycles. The van der Waals surface area contributed by atoms with Crippen molar-refractivity contribution in [1.82, 2.24) is 4.90 Å². The van der Waals surface area contributed by atoms with E-state index in [1.807, 2.05) is 0 Å². The fraction of sp³-hybridized carbons (Fsp3) is 0.600. The van der Waals surface area contributed by atoms with Crippen LogP contribution in [-0.2, 0) is 0 Å². The van der Waals surface area contributed by atoms with E-state index in [4.69, 9.17) is 0 Å². The van der Waals surface area contributed by atoms with Gasteiger partial charge in [-0.05, 0) is 36.8 Å². The van der Waals surface area contributed by atoms with Gasteiger partial charge < -0.3 is 0 Å². The predicted molar refractivity (Wildman–Crippen MR) is 74.5 cm³/mol. The minimum absolute atomic E-state index is 0. The standard InChI is InChI=1S/C15H21N.ClH/c1-10(2)11(3)16-14-8-9-15(16)13-7-5-4-6-12(13)14;/h4-7,10-11,14-15H,8-9H2,1-3H3;1H. The second-order valence-electron chi connectivity index (χ2n) is 5.67. The highest BCUT2D eigenvalue weighted by Crippen LogP contribution is 2.54. The van der Waals surface area contributed by atoms with E-state index in [0.29, 0.717) is 18.1 Å².